The Labute approximate surface area is 218 Å². The van der Waals surface area contributed by atoms with Gasteiger partial charge in [-0.2, -0.15) is 0 Å². The molecule has 1 aromatic heterocycles. The van der Waals surface area contributed by atoms with Gasteiger partial charge in [-0.1, -0.05) is 30.0 Å². The van der Waals surface area contributed by atoms with E-state index in [2.05, 4.69) is 20.8 Å². The van der Waals surface area contributed by atoms with E-state index in [1.165, 1.54) is 36.0 Å². The molecule has 0 aliphatic heterocycles. The molecule has 0 radical (unpaired) electrons. The lowest BCUT2D eigenvalue weighted by molar-refractivity contribution is -0.113. The minimum atomic E-state index is -0.375. The number of nitrogens with zero attached hydrogens (tertiary/aromatic N) is 3. The molecule has 0 saturated heterocycles. The van der Waals surface area contributed by atoms with Gasteiger partial charge in [-0.25, -0.2) is 4.39 Å². The number of anilines is 1. The molecule has 0 bridgehead atoms. The monoisotopic (exact) mass is 519 g/mol. The topological polar surface area (TPSA) is 98.1 Å². The molecular weight excluding hydrogens is 493 g/mol. The molecule has 0 atom stereocenters. The molecule has 4 aromatic rings. The number of aryl methyl sites for hydroxylation is 2. The highest BCUT2D eigenvalue weighted by Gasteiger charge is 2.19. The smallest absolute Gasteiger partial charge is 0.251 e. The van der Waals surface area contributed by atoms with Crippen LogP contribution in [0.1, 0.15) is 27.3 Å². The van der Waals surface area contributed by atoms with Crippen molar-refractivity contribution >= 4 is 29.3 Å². The summed E-state index contributed by atoms with van der Waals surface area (Å²) in [4.78, 5) is 25.3. The molecule has 0 aliphatic carbocycles. The van der Waals surface area contributed by atoms with E-state index < -0.39 is 0 Å². The molecule has 8 nitrogen and oxygen atoms in total. The van der Waals surface area contributed by atoms with Gasteiger partial charge in [0.2, 0.25) is 5.91 Å². The van der Waals surface area contributed by atoms with Crippen LogP contribution in [0.3, 0.4) is 0 Å². The van der Waals surface area contributed by atoms with E-state index >= 15 is 0 Å². The Morgan fingerprint density at radius 3 is 2.57 bits per heavy atom. The van der Waals surface area contributed by atoms with Crippen LogP contribution in [0.4, 0.5) is 10.1 Å². The second kappa shape index (κ2) is 11.7. The number of nitrogens with one attached hydrogen (secondary N) is 2. The van der Waals surface area contributed by atoms with Crippen molar-refractivity contribution in [1.82, 2.24) is 20.1 Å². The van der Waals surface area contributed by atoms with Gasteiger partial charge in [0, 0.05) is 11.3 Å². The molecule has 0 spiro atoms. The fourth-order valence-electron chi connectivity index (χ4n) is 3.60. The molecule has 2 N–H and O–H groups in total. The zero-order valence-electron chi connectivity index (χ0n) is 20.6. The first kappa shape index (κ1) is 25.9. The van der Waals surface area contributed by atoms with Crippen LogP contribution in [0.25, 0.3) is 5.69 Å². The summed E-state index contributed by atoms with van der Waals surface area (Å²) in [5.74, 6) is 0.258. The van der Waals surface area contributed by atoms with E-state index in [-0.39, 0.29) is 29.9 Å². The van der Waals surface area contributed by atoms with Gasteiger partial charge in [0.15, 0.2) is 11.0 Å². The first-order valence-corrected chi connectivity index (χ1v) is 12.4. The second-order valence-electron chi connectivity index (χ2n) is 8.28. The molecule has 3 aromatic carbocycles. The molecular formula is C27H26FN5O3S. The Morgan fingerprint density at radius 1 is 1.03 bits per heavy atom. The molecule has 190 valence electrons. The third kappa shape index (κ3) is 6.53. The van der Waals surface area contributed by atoms with Gasteiger partial charge >= 0.3 is 0 Å². The Bertz CT molecular complexity index is 1420. The molecule has 0 fully saturated rings. The largest absolute Gasteiger partial charge is 0.497 e. The number of benzene rings is 3. The van der Waals surface area contributed by atoms with Crippen LogP contribution in [0.2, 0.25) is 0 Å². The standard InChI is InChI=1S/C27H26FN5O3S/c1-17-7-8-18(2)23(13-17)33-24(15-29-26(35)19-5-4-6-22(14-19)36-3)31-32-27(33)37-16-25(34)30-21-11-9-20(28)10-12-21/h4-14H,15-16H2,1-3H3,(H,29,35)(H,30,34). The number of halogens is 1. The number of carbonyl (C=O) groups excluding carboxylic acids is 2. The van der Waals surface area contributed by atoms with Crippen molar-refractivity contribution < 1.29 is 18.7 Å². The summed E-state index contributed by atoms with van der Waals surface area (Å²) in [6.45, 7) is 4.09. The van der Waals surface area contributed by atoms with Crippen LogP contribution in [0, 0.1) is 19.7 Å². The number of thioether (sulfide) groups is 1. The SMILES string of the molecule is COc1cccc(C(=O)NCc2nnc(SCC(=O)Nc3ccc(F)cc3)n2-c2cc(C)ccc2C)c1. The second-order valence-corrected chi connectivity index (χ2v) is 9.23. The van der Waals surface area contributed by atoms with Crippen molar-refractivity contribution in [2.75, 3.05) is 18.2 Å². The van der Waals surface area contributed by atoms with E-state index in [0.717, 1.165) is 16.8 Å². The average molecular weight is 520 g/mol. The number of hydrogen-bond acceptors (Lipinski definition) is 6. The predicted octanol–water partition coefficient (Wildman–Crippen LogP) is 4.69. The van der Waals surface area contributed by atoms with Crippen molar-refractivity contribution in [2.45, 2.75) is 25.5 Å². The van der Waals surface area contributed by atoms with Crippen molar-refractivity contribution in [3.05, 3.63) is 95.1 Å². The van der Waals surface area contributed by atoms with E-state index in [4.69, 9.17) is 4.74 Å². The highest BCUT2D eigenvalue weighted by atomic mass is 32.2. The van der Waals surface area contributed by atoms with Crippen LogP contribution in [0.15, 0.2) is 71.9 Å². The zero-order valence-corrected chi connectivity index (χ0v) is 21.4. The maximum Gasteiger partial charge on any atom is 0.251 e. The molecule has 10 heteroatoms. The summed E-state index contributed by atoms with van der Waals surface area (Å²) < 4.78 is 20.2. The van der Waals surface area contributed by atoms with Gasteiger partial charge in [0.25, 0.3) is 5.91 Å². The third-order valence-electron chi connectivity index (χ3n) is 5.51. The van der Waals surface area contributed by atoms with Gasteiger partial charge < -0.3 is 15.4 Å². The first-order chi connectivity index (χ1) is 17.8. The maximum absolute atomic E-state index is 13.1. The highest BCUT2D eigenvalue weighted by molar-refractivity contribution is 7.99. The maximum atomic E-state index is 13.1. The summed E-state index contributed by atoms with van der Waals surface area (Å²) in [6, 6.07) is 18.5. The number of rotatable bonds is 9. The summed E-state index contributed by atoms with van der Waals surface area (Å²) in [5.41, 5.74) is 3.86. The Hall–Kier alpha value is -4.18. The third-order valence-corrected chi connectivity index (χ3v) is 6.43. The van der Waals surface area contributed by atoms with Crippen molar-refractivity contribution in [1.29, 1.82) is 0 Å². The van der Waals surface area contributed by atoms with Gasteiger partial charge in [-0.05, 0) is 73.5 Å². The minimum Gasteiger partial charge on any atom is -0.497 e. The molecule has 1 heterocycles. The molecule has 0 unspecified atom stereocenters. The fraction of sp³-hybridized carbons (Fsp3) is 0.185. The van der Waals surface area contributed by atoms with E-state index in [0.29, 0.717) is 28.0 Å². The van der Waals surface area contributed by atoms with E-state index in [1.807, 2.05) is 36.6 Å². The lowest BCUT2D eigenvalue weighted by atomic mass is 10.1. The summed E-state index contributed by atoms with van der Waals surface area (Å²) in [5, 5.41) is 14.8. The normalized spacial score (nSPS) is 10.7. The van der Waals surface area contributed by atoms with Crippen molar-refractivity contribution in [3.63, 3.8) is 0 Å². The number of aromatic nitrogens is 3. The number of amides is 2. The van der Waals surface area contributed by atoms with Crippen LogP contribution >= 0.6 is 11.8 Å². The molecule has 2 amide bonds. The van der Waals surface area contributed by atoms with Gasteiger partial charge in [0.1, 0.15) is 11.6 Å². The molecule has 0 saturated carbocycles. The van der Waals surface area contributed by atoms with Crippen LogP contribution in [-0.4, -0.2) is 39.4 Å². The molecule has 4 rings (SSSR count). The summed E-state index contributed by atoms with van der Waals surface area (Å²) >= 11 is 1.22. The van der Waals surface area contributed by atoms with E-state index in [9.17, 15) is 14.0 Å². The van der Waals surface area contributed by atoms with Crippen LogP contribution < -0.4 is 15.4 Å². The highest BCUT2D eigenvalue weighted by Crippen LogP contribution is 2.25. The van der Waals surface area contributed by atoms with E-state index in [1.54, 1.807) is 31.4 Å². The van der Waals surface area contributed by atoms with Gasteiger partial charge in [-0.3, -0.25) is 14.2 Å². The predicted molar refractivity (Wildman–Crippen MR) is 141 cm³/mol. The molecule has 37 heavy (non-hydrogen) atoms. The minimum absolute atomic E-state index is 0.0660. The number of hydrogen-bond donors (Lipinski definition) is 2. The molecule has 0 aliphatic rings. The van der Waals surface area contributed by atoms with Gasteiger partial charge in [0.05, 0.1) is 25.1 Å². The number of carbonyl (C=O) groups is 2. The van der Waals surface area contributed by atoms with Crippen molar-refractivity contribution in [2.24, 2.45) is 0 Å². The zero-order chi connectivity index (χ0) is 26.4. The van der Waals surface area contributed by atoms with Crippen LogP contribution in [0.5, 0.6) is 5.75 Å². The van der Waals surface area contributed by atoms with Crippen molar-refractivity contribution in [3.8, 4) is 11.4 Å². The summed E-state index contributed by atoms with van der Waals surface area (Å²) in [7, 11) is 1.54. The lowest BCUT2D eigenvalue weighted by Crippen LogP contribution is -2.25. The van der Waals surface area contributed by atoms with Crippen LogP contribution in [-0.2, 0) is 11.3 Å². The lowest BCUT2D eigenvalue weighted by Gasteiger charge is -2.14. The fourth-order valence-corrected chi connectivity index (χ4v) is 4.36. The number of ether oxygens (including phenoxy) is 1. The average Bonchev–Trinajstić information content (AvgIpc) is 3.31. The Balaban J connectivity index is 1.54. The number of methoxy groups -OCH3 is 1. The van der Waals surface area contributed by atoms with Gasteiger partial charge in [-0.15, -0.1) is 10.2 Å². The summed E-state index contributed by atoms with van der Waals surface area (Å²) in [6.07, 6.45) is 0. The Kier molecular flexibility index (Phi) is 8.19. The Morgan fingerprint density at radius 2 is 1.81 bits per heavy atom. The quantitative estimate of drug-likeness (QED) is 0.311. The first-order valence-electron chi connectivity index (χ1n) is 11.5.